The third-order valence-corrected chi connectivity index (χ3v) is 2.49. The molecule has 0 heterocycles. The van der Waals surface area contributed by atoms with E-state index in [-0.39, 0.29) is 5.69 Å². The highest BCUT2D eigenvalue weighted by atomic mass is 35.5. The Morgan fingerprint density at radius 3 is 2.94 bits per heavy atom. The van der Waals surface area contributed by atoms with Crippen molar-refractivity contribution in [1.29, 1.82) is 0 Å². The van der Waals surface area contributed by atoms with Gasteiger partial charge in [-0.3, -0.25) is 10.1 Å². The third kappa shape index (κ3) is 4.68. The van der Waals surface area contributed by atoms with Gasteiger partial charge < -0.3 is 10.1 Å². The van der Waals surface area contributed by atoms with Gasteiger partial charge in [0.25, 0.3) is 5.69 Å². The van der Waals surface area contributed by atoms with Crippen molar-refractivity contribution in [1.82, 2.24) is 5.32 Å². The Morgan fingerprint density at radius 2 is 2.29 bits per heavy atom. The van der Waals surface area contributed by atoms with Crippen LogP contribution in [0.3, 0.4) is 0 Å². The van der Waals surface area contributed by atoms with Gasteiger partial charge in [0.1, 0.15) is 0 Å². The van der Waals surface area contributed by atoms with Crippen LogP contribution in [0.1, 0.15) is 12.0 Å². The smallest absolute Gasteiger partial charge is 0.273 e. The van der Waals surface area contributed by atoms with Gasteiger partial charge in [-0.1, -0.05) is 11.6 Å². The molecule has 0 fully saturated rings. The molecular formula is C11H15ClN2O3. The fourth-order valence-corrected chi connectivity index (χ4v) is 1.63. The van der Waals surface area contributed by atoms with Crippen LogP contribution in [0.5, 0.6) is 0 Å². The van der Waals surface area contributed by atoms with Gasteiger partial charge in [0.2, 0.25) is 0 Å². The molecule has 0 aliphatic heterocycles. The topological polar surface area (TPSA) is 64.4 Å². The summed E-state index contributed by atoms with van der Waals surface area (Å²) in [7, 11) is 1.64. The van der Waals surface area contributed by atoms with Crippen molar-refractivity contribution < 1.29 is 9.66 Å². The average molecular weight is 259 g/mol. The van der Waals surface area contributed by atoms with E-state index in [1.807, 2.05) is 0 Å². The number of rotatable bonds is 7. The Kier molecular flexibility index (Phi) is 5.90. The zero-order valence-corrected chi connectivity index (χ0v) is 10.4. The van der Waals surface area contributed by atoms with Gasteiger partial charge in [0, 0.05) is 36.9 Å². The maximum atomic E-state index is 10.8. The Labute approximate surface area is 105 Å². The lowest BCUT2D eigenvalue weighted by Crippen LogP contribution is -2.16. The fraction of sp³-hybridized carbons (Fsp3) is 0.455. The van der Waals surface area contributed by atoms with Crippen LogP contribution >= 0.6 is 11.6 Å². The molecule has 1 rings (SSSR count). The second-order valence-corrected chi connectivity index (χ2v) is 3.99. The molecule has 0 atom stereocenters. The molecule has 1 aromatic rings. The van der Waals surface area contributed by atoms with Gasteiger partial charge in [0.05, 0.1) is 4.92 Å². The second kappa shape index (κ2) is 7.21. The quantitative estimate of drug-likeness (QED) is 0.463. The molecule has 1 aromatic carbocycles. The first-order chi connectivity index (χ1) is 8.15. The molecule has 17 heavy (non-hydrogen) atoms. The number of ether oxygens (including phenoxy) is 1. The molecule has 5 nitrogen and oxygen atoms in total. The highest BCUT2D eigenvalue weighted by molar-refractivity contribution is 6.30. The zero-order valence-electron chi connectivity index (χ0n) is 9.61. The van der Waals surface area contributed by atoms with Gasteiger partial charge in [-0.25, -0.2) is 0 Å². The lowest BCUT2D eigenvalue weighted by Gasteiger charge is -2.05. The van der Waals surface area contributed by atoms with Crippen LogP contribution < -0.4 is 5.32 Å². The summed E-state index contributed by atoms with van der Waals surface area (Å²) in [5, 5.41) is 14.4. The summed E-state index contributed by atoms with van der Waals surface area (Å²) in [6.45, 7) is 1.85. The van der Waals surface area contributed by atoms with Crippen LogP contribution in [0.2, 0.25) is 5.02 Å². The van der Waals surface area contributed by atoms with E-state index in [0.29, 0.717) is 23.7 Å². The number of nitrogens with zero attached hydrogens (tertiary/aromatic N) is 1. The van der Waals surface area contributed by atoms with Crippen molar-refractivity contribution in [2.75, 3.05) is 20.3 Å². The van der Waals surface area contributed by atoms with E-state index >= 15 is 0 Å². The summed E-state index contributed by atoms with van der Waals surface area (Å²) in [5.41, 5.74) is 0.688. The Bertz CT molecular complexity index is 385. The lowest BCUT2D eigenvalue weighted by atomic mass is 10.2. The van der Waals surface area contributed by atoms with Crippen LogP contribution in [-0.2, 0) is 11.3 Å². The third-order valence-electron chi connectivity index (χ3n) is 2.26. The van der Waals surface area contributed by atoms with Crippen LogP contribution in [0.4, 0.5) is 5.69 Å². The number of nitro groups is 1. The highest BCUT2D eigenvalue weighted by Crippen LogP contribution is 2.22. The summed E-state index contributed by atoms with van der Waals surface area (Å²) in [4.78, 5) is 10.4. The second-order valence-electron chi connectivity index (χ2n) is 3.55. The Hall–Kier alpha value is -1.17. The number of nitro benzene ring substituents is 1. The molecule has 0 bridgehead atoms. The normalized spacial score (nSPS) is 10.5. The van der Waals surface area contributed by atoms with Crippen LogP contribution in [0.25, 0.3) is 0 Å². The first-order valence-corrected chi connectivity index (χ1v) is 5.65. The molecule has 0 amide bonds. The molecular weight excluding hydrogens is 244 g/mol. The van der Waals surface area contributed by atoms with Gasteiger partial charge in [-0.05, 0) is 25.1 Å². The van der Waals surface area contributed by atoms with Crippen molar-refractivity contribution in [2.24, 2.45) is 0 Å². The summed E-state index contributed by atoms with van der Waals surface area (Å²) < 4.78 is 4.91. The molecule has 6 heteroatoms. The minimum absolute atomic E-state index is 0.0913. The fourth-order valence-electron chi connectivity index (χ4n) is 1.44. The van der Waals surface area contributed by atoms with Crippen LogP contribution in [0, 0.1) is 10.1 Å². The number of benzene rings is 1. The summed E-state index contributed by atoms with van der Waals surface area (Å²) in [6, 6.07) is 4.56. The monoisotopic (exact) mass is 258 g/mol. The van der Waals surface area contributed by atoms with E-state index in [2.05, 4.69) is 5.32 Å². The van der Waals surface area contributed by atoms with Crippen molar-refractivity contribution in [3.63, 3.8) is 0 Å². The Balaban J connectivity index is 2.56. The first-order valence-electron chi connectivity index (χ1n) is 5.27. The lowest BCUT2D eigenvalue weighted by molar-refractivity contribution is -0.385. The van der Waals surface area contributed by atoms with Crippen molar-refractivity contribution >= 4 is 17.3 Å². The molecule has 1 N–H and O–H groups in total. The van der Waals surface area contributed by atoms with Crippen LogP contribution in [0.15, 0.2) is 18.2 Å². The Morgan fingerprint density at radius 1 is 1.53 bits per heavy atom. The molecule has 0 saturated carbocycles. The predicted octanol–water partition coefficient (Wildman–Crippen LogP) is 2.37. The maximum absolute atomic E-state index is 10.8. The van der Waals surface area contributed by atoms with Gasteiger partial charge in [-0.15, -0.1) is 0 Å². The highest BCUT2D eigenvalue weighted by Gasteiger charge is 2.12. The summed E-state index contributed by atoms with van der Waals surface area (Å²) in [6.07, 6.45) is 0.866. The standard InChI is InChI=1S/C11H15ClN2O3/c1-17-6-2-5-13-8-9-7-10(12)3-4-11(9)14(15)16/h3-4,7,13H,2,5-6,8H2,1H3. The van der Waals surface area contributed by atoms with E-state index in [1.54, 1.807) is 13.2 Å². The first kappa shape index (κ1) is 13.9. The zero-order chi connectivity index (χ0) is 12.7. The van der Waals surface area contributed by atoms with E-state index < -0.39 is 4.92 Å². The number of hydrogen-bond donors (Lipinski definition) is 1. The number of methoxy groups -OCH3 is 1. The minimum Gasteiger partial charge on any atom is -0.385 e. The van der Waals surface area contributed by atoms with Crippen molar-refractivity contribution in [3.05, 3.63) is 38.9 Å². The van der Waals surface area contributed by atoms with E-state index in [4.69, 9.17) is 16.3 Å². The van der Waals surface area contributed by atoms with Crippen molar-refractivity contribution in [3.8, 4) is 0 Å². The number of halogens is 1. The summed E-state index contributed by atoms with van der Waals surface area (Å²) >= 11 is 5.81. The molecule has 0 radical (unpaired) electrons. The van der Waals surface area contributed by atoms with Crippen LogP contribution in [-0.4, -0.2) is 25.2 Å². The molecule has 0 aromatic heterocycles. The maximum Gasteiger partial charge on any atom is 0.273 e. The molecule has 0 saturated heterocycles. The van der Waals surface area contributed by atoms with E-state index in [0.717, 1.165) is 13.0 Å². The molecule has 0 aliphatic rings. The molecule has 0 unspecified atom stereocenters. The van der Waals surface area contributed by atoms with E-state index in [1.165, 1.54) is 12.1 Å². The predicted molar refractivity (Wildman–Crippen MR) is 66.3 cm³/mol. The number of hydrogen-bond acceptors (Lipinski definition) is 4. The molecule has 0 spiro atoms. The minimum atomic E-state index is -0.400. The average Bonchev–Trinajstić information content (AvgIpc) is 2.28. The largest absolute Gasteiger partial charge is 0.385 e. The molecule has 0 aliphatic carbocycles. The van der Waals surface area contributed by atoms with Crippen molar-refractivity contribution in [2.45, 2.75) is 13.0 Å². The number of nitrogens with one attached hydrogen (secondary N) is 1. The SMILES string of the molecule is COCCCNCc1cc(Cl)ccc1[N+](=O)[O-]. The van der Waals surface area contributed by atoms with Gasteiger partial charge in [0.15, 0.2) is 0 Å². The van der Waals surface area contributed by atoms with Gasteiger partial charge >= 0.3 is 0 Å². The molecule has 94 valence electrons. The van der Waals surface area contributed by atoms with Gasteiger partial charge in [-0.2, -0.15) is 0 Å². The van der Waals surface area contributed by atoms with E-state index in [9.17, 15) is 10.1 Å². The summed E-state index contributed by atoms with van der Waals surface area (Å²) in [5.74, 6) is 0.